The molecule has 0 aliphatic carbocycles. The quantitative estimate of drug-likeness (QED) is 0.0297. The zero-order valence-corrected chi connectivity index (χ0v) is 31.4. The summed E-state index contributed by atoms with van der Waals surface area (Å²) < 4.78 is 16.4. The molecular formula is C43H70O6. The number of ether oxygens (including phenoxy) is 3. The van der Waals surface area contributed by atoms with Gasteiger partial charge in [0.1, 0.15) is 13.2 Å². The van der Waals surface area contributed by atoms with E-state index in [1.54, 1.807) is 6.08 Å². The zero-order chi connectivity index (χ0) is 35.9. The Balaban J connectivity index is 4.58. The predicted molar refractivity (Wildman–Crippen MR) is 205 cm³/mol. The third kappa shape index (κ3) is 36.0. The van der Waals surface area contributed by atoms with Crippen LogP contribution in [0.4, 0.5) is 0 Å². The van der Waals surface area contributed by atoms with E-state index in [0.29, 0.717) is 12.8 Å². The molecule has 0 amide bonds. The highest BCUT2D eigenvalue weighted by Gasteiger charge is 2.19. The molecule has 6 heteroatoms. The smallest absolute Gasteiger partial charge is 0.310 e. The fourth-order valence-corrected chi connectivity index (χ4v) is 4.79. The van der Waals surface area contributed by atoms with Crippen LogP contribution in [0.1, 0.15) is 162 Å². The van der Waals surface area contributed by atoms with Gasteiger partial charge in [-0.3, -0.25) is 14.4 Å². The molecule has 0 saturated heterocycles. The molecule has 0 aliphatic heterocycles. The molecule has 0 aromatic rings. The molecule has 1 atom stereocenters. The van der Waals surface area contributed by atoms with Gasteiger partial charge in [-0.05, 0) is 70.6 Å². The normalized spacial score (nSPS) is 12.8. The maximum Gasteiger partial charge on any atom is 0.310 e. The highest BCUT2D eigenvalue weighted by molar-refractivity contribution is 5.72. The van der Waals surface area contributed by atoms with Crippen LogP contribution in [0.2, 0.25) is 0 Å². The van der Waals surface area contributed by atoms with Gasteiger partial charge in [0.25, 0.3) is 0 Å². The van der Waals surface area contributed by atoms with Gasteiger partial charge in [0.2, 0.25) is 0 Å². The second kappa shape index (κ2) is 37.7. The first-order valence-electron chi connectivity index (χ1n) is 19.4. The van der Waals surface area contributed by atoms with Crippen molar-refractivity contribution in [3.63, 3.8) is 0 Å². The standard InChI is InChI=1S/C43H70O6/c1-4-7-10-13-16-19-20-21-22-25-27-30-33-36-42(45)48-39-40(49-43(46)37-34-31-28-24-18-15-12-9-6-3)38-47-41(44)35-32-29-26-23-17-14-11-8-5-2/h9,12,18,21-24,26-27,30-31,34,40H,4-8,10-11,13-17,19-20,25,28-29,32-33,35-39H2,1-3H3/b12-9-,22-21-,24-18-,26-23-,30-27-,34-31-. The Hall–Kier alpha value is -3.15. The summed E-state index contributed by atoms with van der Waals surface area (Å²) >= 11 is 0. The molecule has 0 radical (unpaired) electrons. The number of hydrogen-bond acceptors (Lipinski definition) is 6. The van der Waals surface area contributed by atoms with Gasteiger partial charge in [0.15, 0.2) is 6.10 Å². The van der Waals surface area contributed by atoms with Crippen LogP contribution in [0.25, 0.3) is 0 Å². The van der Waals surface area contributed by atoms with Crippen LogP contribution in [0, 0.1) is 0 Å². The lowest BCUT2D eigenvalue weighted by Crippen LogP contribution is -2.30. The third-order valence-corrected chi connectivity index (χ3v) is 7.71. The molecule has 0 spiro atoms. The molecule has 0 heterocycles. The molecule has 1 unspecified atom stereocenters. The van der Waals surface area contributed by atoms with Gasteiger partial charge < -0.3 is 14.2 Å². The maximum absolute atomic E-state index is 12.5. The number of esters is 3. The van der Waals surface area contributed by atoms with Crippen LogP contribution >= 0.6 is 0 Å². The van der Waals surface area contributed by atoms with Gasteiger partial charge in [-0.1, -0.05) is 145 Å². The average molecular weight is 683 g/mol. The van der Waals surface area contributed by atoms with Crippen molar-refractivity contribution in [1.29, 1.82) is 0 Å². The van der Waals surface area contributed by atoms with Gasteiger partial charge in [0, 0.05) is 12.8 Å². The highest BCUT2D eigenvalue weighted by atomic mass is 16.6. The SMILES string of the molecule is CC/C=C\C/C=C\C/C=C\CC(=O)OC(COC(=O)CC/C=C\C/C=C\CCCCCCCC)COC(=O)CCC/C=C\CCCCCC. The van der Waals surface area contributed by atoms with Gasteiger partial charge in [-0.25, -0.2) is 0 Å². The van der Waals surface area contributed by atoms with Crippen LogP contribution in [0.3, 0.4) is 0 Å². The third-order valence-electron chi connectivity index (χ3n) is 7.71. The first-order chi connectivity index (χ1) is 24.0. The summed E-state index contributed by atoms with van der Waals surface area (Å²) in [6.07, 6.45) is 45.2. The number of rotatable bonds is 33. The largest absolute Gasteiger partial charge is 0.462 e. The zero-order valence-electron chi connectivity index (χ0n) is 31.4. The van der Waals surface area contributed by atoms with E-state index in [1.165, 1.54) is 64.2 Å². The summed E-state index contributed by atoms with van der Waals surface area (Å²) in [5.74, 6) is -1.19. The minimum atomic E-state index is -0.852. The lowest BCUT2D eigenvalue weighted by molar-refractivity contribution is -0.166. The van der Waals surface area contributed by atoms with Crippen LogP contribution in [0.15, 0.2) is 72.9 Å². The lowest BCUT2D eigenvalue weighted by atomic mass is 10.1. The van der Waals surface area contributed by atoms with Crippen LogP contribution < -0.4 is 0 Å². The van der Waals surface area contributed by atoms with Gasteiger partial charge >= 0.3 is 17.9 Å². The first kappa shape index (κ1) is 45.9. The van der Waals surface area contributed by atoms with Crippen LogP contribution in [-0.4, -0.2) is 37.2 Å². The summed E-state index contributed by atoms with van der Waals surface area (Å²) in [4.78, 5) is 37.2. The molecule has 0 saturated carbocycles. The molecule has 49 heavy (non-hydrogen) atoms. The van der Waals surface area contributed by atoms with Crippen molar-refractivity contribution in [2.45, 2.75) is 168 Å². The van der Waals surface area contributed by atoms with Crippen molar-refractivity contribution in [2.24, 2.45) is 0 Å². The van der Waals surface area contributed by atoms with Crippen molar-refractivity contribution in [2.75, 3.05) is 13.2 Å². The number of hydrogen-bond donors (Lipinski definition) is 0. The molecule has 0 bridgehead atoms. The van der Waals surface area contributed by atoms with E-state index in [9.17, 15) is 14.4 Å². The van der Waals surface area contributed by atoms with Gasteiger partial charge in [-0.2, -0.15) is 0 Å². The average Bonchev–Trinajstić information content (AvgIpc) is 3.10. The van der Waals surface area contributed by atoms with E-state index in [4.69, 9.17) is 14.2 Å². The fraction of sp³-hybridized carbons (Fsp3) is 0.651. The van der Waals surface area contributed by atoms with E-state index < -0.39 is 12.1 Å². The minimum absolute atomic E-state index is 0.0882. The van der Waals surface area contributed by atoms with Crippen LogP contribution in [-0.2, 0) is 28.6 Å². The summed E-state index contributed by atoms with van der Waals surface area (Å²) in [5, 5.41) is 0. The van der Waals surface area contributed by atoms with E-state index in [2.05, 4.69) is 75.5 Å². The van der Waals surface area contributed by atoms with Crippen molar-refractivity contribution < 1.29 is 28.6 Å². The number of unbranched alkanes of at least 4 members (excludes halogenated alkanes) is 11. The van der Waals surface area contributed by atoms with Crippen LogP contribution in [0.5, 0.6) is 0 Å². The Morgan fingerprint density at radius 3 is 1.51 bits per heavy atom. The number of allylic oxidation sites excluding steroid dienone is 11. The molecule has 0 rings (SSSR count). The van der Waals surface area contributed by atoms with Gasteiger partial charge in [0.05, 0.1) is 6.42 Å². The molecule has 6 nitrogen and oxygen atoms in total. The summed E-state index contributed by atoms with van der Waals surface area (Å²) in [6, 6.07) is 0. The maximum atomic E-state index is 12.5. The number of carbonyl (C=O) groups excluding carboxylic acids is 3. The molecule has 0 aliphatic rings. The predicted octanol–water partition coefficient (Wildman–Crippen LogP) is 12.0. The Morgan fingerprint density at radius 1 is 0.449 bits per heavy atom. The summed E-state index contributed by atoms with van der Waals surface area (Å²) in [6.45, 7) is 6.25. The molecule has 0 aromatic heterocycles. The topological polar surface area (TPSA) is 78.9 Å². The molecule has 0 aromatic carbocycles. The molecule has 0 N–H and O–H groups in total. The van der Waals surface area contributed by atoms with E-state index in [0.717, 1.165) is 44.9 Å². The van der Waals surface area contributed by atoms with Crippen molar-refractivity contribution in [1.82, 2.24) is 0 Å². The van der Waals surface area contributed by atoms with E-state index >= 15 is 0 Å². The summed E-state index contributed by atoms with van der Waals surface area (Å²) in [7, 11) is 0. The van der Waals surface area contributed by atoms with Crippen molar-refractivity contribution in [3.8, 4) is 0 Å². The van der Waals surface area contributed by atoms with E-state index in [-0.39, 0.29) is 44.4 Å². The number of carbonyl (C=O) groups is 3. The lowest BCUT2D eigenvalue weighted by Gasteiger charge is -2.18. The molecule has 278 valence electrons. The first-order valence-corrected chi connectivity index (χ1v) is 19.4. The Morgan fingerprint density at radius 2 is 0.898 bits per heavy atom. The Bertz CT molecular complexity index is 971. The van der Waals surface area contributed by atoms with E-state index in [1.807, 2.05) is 12.2 Å². The second-order valence-electron chi connectivity index (χ2n) is 12.5. The van der Waals surface area contributed by atoms with Crippen molar-refractivity contribution in [3.05, 3.63) is 72.9 Å². The fourth-order valence-electron chi connectivity index (χ4n) is 4.79. The molecular weight excluding hydrogens is 612 g/mol. The monoisotopic (exact) mass is 683 g/mol. The van der Waals surface area contributed by atoms with Gasteiger partial charge in [-0.15, -0.1) is 0 Å². The Kier molecular flexibility index (Phi) is 35.2. The van der Waals surface area contributed by atoms with Crippen molar-refractivity contribution >= 4 is 17.9 Å². The highest BCUT2D eigenvalue weighted by Crippen LogP contribution is 2.09. The Labute approximate surface area is 300 Å². The molecule has 0 fully saturated rings. The summed E-state index contributed by atoms with van der Waals surface area (Å²) in [5.41, 5.74) is 0. The second-order valence-corrected chi connectivity index (χ2v) is 12.5. The minimum Gasteiger partial charge on any atom is -0.462 e.